The second-order valence-electron chi connectivity index (χ2n) is 4.19. The van der Waals surface area contributed by atoms with Gasteiger partial charge in [-0.25, -0.2) is 4.39 Å². The zero-order chi connectivity index (χ0) is 11.5. The number of hydrogen-bond acceptors (Lipinski definition) is 1. The highest BCUT2D eigenvalue weighted by Gasteiger charge is 2.17. The van der Waals surface area contributed by atoms with Gasteiger partial charge in [0.15, 0.2) is 0 Å². The van der Waals surface area contributed by atoms with Crippen LogP contribution in [0.4, 0.5) is 4.39 Å². The Morgan fingerprint density at radius 2 is 2.00 bits per heavy atom. The molecule has 0 N–H and O–H groups in total. The van der Waals surface area contributed by atoms with Gasteiger partial charge >= 0.3 is 0 Å². The van der Waals surface area contributed by atoms with E-state index in [1.54, 1.807) is 6.07 Å². The summed E-state index contributed by atoms with van der Waals surface area (Å²) in [5.74, 6) is 0.256. The molecular formula is C11H13Br2FO. The van der Waals surface area contributed by atoms with Crippen molar-refractivity contribution in [1.82, 2.24) is 0 Å². The number of halogens is 3. The Balaban J connectivity index is 2.65. The van der Waals surface area contributed by atoms with Crippen LogP contribution < -0.4 is 4.74 Å². The molecule has 84 valence electrons. The molecule has 0 fully saturated rings. The maximum Gasteiger partial charge on any atom is 0.128 e. The standard InChI is InChI=1S/C11H13Br2FO/c1-11(2,6-12)7-15-10-4-8(13)3-9(14)5-10/h3-5H,6-7H2,1-2H3. The molecule has 1 aromatic rings. The van der Waals surface area contributed by atoms with Gasteiger partial charge in [0.05, 0.1) is 6.61 Å². The lowest BCUT2D eigenvalue weighted by atomic mass is 9.98. The highest BCUT2D eigenvalue weighted by Crippen LogP contribution is 2.24. The Bertz CT molecular complexity index is 319. The monoisotopic (exact) mass is 338 g/mol. The van der Waals surface area contributed by atoms with Crippen molar-refractivity contribution in [2.24, 2.45) is 5.41 Å². The van der Waals surface area contributed by atoms with Gasteiger partial charge in [0.25, 0.3) is 0 Å². The normalized spacial score (nSPS) is 11.5. The van der Waals surface area contributed by atoms with E-state index in [1.165, 1.54) is 12.1 Å². The molecule has 15 heavy (non-hydrogen) atoms. The van der Waals surface area contributed by atoms with E-state index in [0.29, 0.717) is 16.8 Å². The van der Waals surface area contributed by atoms with Gasteiger partial charge in [0.2, 0.25) is 0 Å². The van der Waals surface area contributed by atoms with Gasteiger partial charge in [-0.2, -0.15) is 0 Å². The lowest BCUT2D eigenvalue weighted by Gasteiger charge is -2.21. The van der Waals surface area contributed by atoms with Gasteiger partial charge in [-0.15, -0.1) is 0 Å². The molecule has 0 aliphatic carbocycles. The lowest BCUT2D eigenvalue weighted by molar-refractivity contribution is 0.202. The predicted molar refractivity (Wildman–Crippen MR) is 67.2 cm³/mol. The van der Waals surface area contributed by atoms with Gasteiger partial charge in [0.1, 0.15) is 11.6 Å². The summed E-state index contributed by atoms with van der Waals surface area (Å²) < 4.78 is 19.2. The molecule has 0 aliphatic heterocycles. The first-order valence-electron chi connectivity index (χ1n) is 4.58. The summed E-state index contributed by atoms with van der Waals surface area (Å²) in [6.07, 6.45) is 0. The number of rotatable bonds is 4. The van der Waals surface area contributed by atoms with Crippen LogP contribution >= 0.6 is 31.9 Å². The maximum atomic E-state index is 13.0. The van der Waals surface area contributed by atoms with Gasteiger partial charge < -0.3 is 4.74 Å². The molecule has 1 rings (SSSR count). The van der Waals surface area contributed by atoms with Gasteiger partial charge in [-0.1, -0.05) is 45.7 Å². The van der Waals surface area contributed by atoms with Crippen LogP contribution in [0, 0.1) is 11.2 Å². The van der Waals surface area contributed by atoms with Crippen molar-refractivity contribution in [3.8, 4) is 5.75 Å². The highest BCUT2D eigenvalue weighted by molar-refractivity contribution is 9.10. The van der Waals surface area contributed by atoms with Crippen LogP contribution in [0.15, 0.2) is 22.7 Å². The number of alkyl halides is 1. The molecule has 0 saturated carbocycles. The van der Waals surface area contributed by atoms with E-state index in [2.05, 4.69) is 45.7 Å². The lowest BCUT2D eigenvalue weighted by Crippen LogP contribution is -2.22. The summed E-state index contributed by atoms with van der Waals surface area (Å²) in [5.41, 5.74) is 0.0405. The first kappa shape index (κ1) is 13.0. The Morgan fingerprint density at radius 3 is 2.53 bits per heavy atom. The van der Waals surface area contributed by atoms with Crippen LogP contribution in [0.25, 0.3) is 0 Å². The molecule has 0 bridgehead atoms. The van der Waals surface area contributed by atoms with E-state index in [4.69, 9.17) is 4.74 Å². The third-order valence-electron chi connectivity index (χ3n) is 1.83. The molecule has 0 atom stereocenters. The van der Waals surface area contributed by atoms with Crippen molar-refractivity contribution in [2.45, 2.75) is 13.8 Å². The smallest absolute Gasteiger partial charge is 0.128 e. The van der Waals surface area contributed by atoms with E-state index in [-0.39, 0.29) is 11.2 Å². The molecule has 0 heterocycles. The average Bonchev–Trinajstić information content (AvgIpc) is 2.14. The minimum Gasteiger partial charge on any atom is -0.493 e. The predicted octanol–water partition coefficient (Wildman–Crippen LogP) is 4.39. The minimum atomic E-state index is -0.295. The zero-order valence-electron chi connectivity index (χ0n) is 8.69. The van der Waals surface area contributed by atoms with Crippen LogP contribution in [-0.2, 0) is 0 Å². The van der Waals surface area contributed by atoms with Gasteiger partial charge in [-0.3, -0.25) is 0 Å². The first-order valence-corrected chi connectivity index (χ1v) is 6.49. The minimum absolute atomic E-state index is 0.0405. The van der Waals surface area contributed by atoms with E-state index < -0.39 is 0 Å². The van der Waals surface area contributed by atoms with E-state index in [9.17, 15) is 4.39 Å². The van der Waals surface area contributed by atoms with E-state index >= 15 is 0 Å². The molecule has 0 aliphatic rings. The van der Waals surface area contributed by atoms with Crippen molar-refractivity contribution in [1.29, 1.82) is 0 Å². The number of benzene rings is 1. The van der Waals surface area contributed by atoms with Crippen LogP contribution in [0.1, 0.15) is 13.8 Å². The van der Waals surface area contributed by atoms with Crippen LogP contribution in [-0.4, -0.2) is 11.9 Å². The fraction of sp³-hybridized carbons (Fsp3) is 0.455. The van der Waals surface area contributed by atoms with Gasteiger partial charge in [0, 0.05) is 21.3 Å². The SMILES string of the molecule is CC(C)(CBr)COc1cc(F)cc(Br)c1. The molecule has 4 heteroatoms. The summed E-state index contributed by atoms with van der Waals surface area (Å²) in [6, 6.07) is 4.55. The van der Waals surface area contributed by atoms with Crippen LogP contribution in [0.3, 0.4) is 0 Å². The van der Waals surface area contributed by atoms with Crippen molar-refractivity contribution >= 4 is 31.9 Å². The average molecular weight is 340 g/mol. The van der Waals surface area contributed by atoms with E-state index in [0.717, 1.165) is 5.33 Å². The van der Waals surface area contributed by atoms with E-state index in [1.807, 2.05) is 0 Å². The Kier molecular flexibility index (Phi) is 4.59. The fourth-order valence-electron chi connectivity index (χ4n) is 0.929. The highest BCUT2D eigenvalue weighted by atomic mass is 79.9. The topological polar surface area (TPSA) is 9.23 Å². The molecule has 1 aromatic carbocycles. The summed E-state index contributed by atoms with van der Waals surface area (Å²) in [6.45, 7) is 4.71. The quantitative estimate of drug-likeness (QED) is 0.739. The maximum absolute atomic E-state index is 13.0. The molecule has 0 aromatic heterocycles. The van der Waals surface area contributed by atoms with Crippen molar-refractivity contribution in [3.05, 3.63) is 28.5 Å². The molecule has 0 spiro atoms. The van der Waals surface area contributed by atoms with Crippen LogP contribution in [0.2, 0.25) is 0 Å². The van der Waals surface area contributed by atoms with Crippen molar-refractivity contribution in [2.75, 3.05) is 11.9 Å². The van der Waals surface area contributed by atoms with Crippen molar-refractivity contribution < 1.29 is 9.13 Å². The Hall–Kier alpha value is -0.0900. The third-order valence-corrected chi connectivity index (χ3v) is 3.80. The second kappa shape index (κ2) is 5.30. The first-order chi connectivity index (χ1) is 6.93. The fourth-order valence-corrected chi connectivity index (χ4v) is 1.54. The summed E-state index contributed by atoms with van der Waals surface area (Å²) >= 11 is 6.63. The molecule has 0 radical (unpaired) electrons. The molecule has 1 nitrogen and oxygen atoms in total. The molecule has 0 saturated heterocycles. The number of hydrogen-bond donors (Lipinski definition) is 0. The van der Waals surface area contributed by atoms with Crippen LogP contribution in [0.5, 0.6) is 5.75 Å². The summed E-state index contributed by atoms with van der Waals surface area (Å²) in [5, 5.41) is 0.844. The van der Waals surface area contributed by atoms with Gasteiger partial charge in [-0.05, 0) is 12.1 Å². The number of ether oxygens (including phenoxy) is 1. The summed E-state index contributed by atoms with van der Waals surface area (Å²) in [7, 11) is 0. The molecule has 0 unspecified atom stereocenters. The Morgan fingerprint density at radius 1 is 1.33 bits per heavy atom. The third kappa shape index (κ3) is 4.51. The summed E-state index contributed by atoms with van der Waals surface area (Å²) in [4.78, 5) is 0. The molecule has 0 amide bonds. The Labute approximate surface area is 106 Å². The van der Waals surface area contributed by atoms with Crippen molar-refractivity contribution in [3.63, 3.8) is 0 Å². The second-order valence-corrected chi connectivity index (χ2v) is 5.67. The molecular weight excluding hydrogens is 327 g/mol. The zero-order valence-corrected chi connectivity index (χ0v) is 11.9. The largest absolute Gasteiger partial charge is 0.493 e.